The average molecular weight is 201 g/mol. The number of benzene rings is 1. The minimum Gasteiger partial charge on any atom is -0.265 e. The van der Waals surface area contributed by atoms with E-state index in [1.54, 1.807) is 0 Å². The first-order chi connectivity index (χ1) is 7.34. The number of para-hydroxylation sites is 1. The van der Waals surface area contributed by atoms with E-state index in [2.05, 4.69) is 48.4 Å². The van der Waals surface area contributed by atoms with Gasteiger partial charge in [-0.2, -0.15) is 0 Å². The quantitative estimate of drug-likeness (QED) is 0.648. The standard InChI is InChI=1S/C13H15NO/c1-10-4-2-3-5-13(10)14-11-6-8-12(15-14)9-7-11/h2-6,8,11-12H,7,9H2,1H3/t11-,12+/m0/s1. The number of rotatable bonds is 1. The van der Waals surface area contributed by atoms with Crippen molar-refractivity contribution in [1.82, 2.24) is 0 Å². The first-order valence-corrected chi connectivity index (χ1v) is 5.54. The number of hydrogen-bond acceptors (Lipinski definition) is 2. The lowest BCUT2D eigenvalue weighted by molar-refractivity contribution is 0.00334. The molecular formula is C13H15NO. The third-order valence-corrected chi connectivity index (χ3v) is 3.20. The summed E-state index contributed by atoms with van der Waals surface area (Å²) in [4.78, 5) is 5.90. The van der Waals surface area contributed by atoms with Crippen LogP contribution in [0.4, 0.5) is 5.69 Å². The first-order valence-electron chi connectivity index (χ1n) is 5.54. The largest absolute Gasteiger partial charge is 0.265 e. The molecule has 1 fully saturated rings. The molecule has 2 heterocycles. The Morgan fingerprint density at radius 3 is 2.67 bits per heavy atom. The SMILES string of the molecule is Cc1ccccc1N1O[C@@H]2C=C[C@H]1CC2. The highest BCUT2D eigenvalue weighted by atomic mass is 16.7. The molecule has 1 saturated heterocycles. The third kappa shape index (κ3) is 1.45. The fraction of sp³-hybridized carbons (Fsp3) is 0.385. The smallest absolute Gasteiger partial charge is 0.104 e. The molecule has 0 radical (unpaired) electrons. The predicted molar refractivity (Wildman–Crippen MR) is 60.7 cm³/mol. The molecular weight excluding hydrogens is 186 g/mol. The van der Waals surface area contributed by atoms with Gasteiger partial charge in [-0.1, -0.05) is 30.4 Å². The summed E-state index contributed by atoms with van der Waals surface area (Å²) >= 11 is 0. The second kappa shape index (κ2) is 3.38. The second-order valence-electron chi connectivity index (χ2n) is 4.29. The number of nitrogens with zero attached hydrogens (tertiary/aromatic N) is 1. The van der Waals surface area contributed by atoms with E-state index in [9.17, 15) is 0 Å². The van der Waals surface area contributed by atoms with E-state index >= 15 is 0 Å². The van der Waals surface area contributed by atoms with Crippen LogP contribution in [0.15, 0.2) is 36.4 Å². The van der Waals surface area contributed by atoms with Crippen LogP contribution in [0.1, 0.15) is 18.4 Å². The summed E-state index contributed by atoms with van der Waals surface area (Å²) in [6.45, 7) is 2.13. The van der Waals surface area contributed by atoms with Gasteiger partial charge in [0.1, 0.15) is 6.10 Å². The van der Waals surface area contributed by atoms with Crippen molar-refractivity contribution in [3.8, 4) is 0 Å². The molecule has 2 heteroatoms. The van der Waals surface area contributed by atoms with Gasteiger partial charge in [-0.25, -0.2) is 5.06 Å². The number of aryl methyl sites for hydroxylation is 1. The average Bonchev–Trinajstić information content (AvgIpc) is 2.31. The van der Waals surface area contributed by atoms with Crippen LogP contribution in [0.3, 0.4) is 0 Å². The van der Waals surface area contributed by atoms with E-state index in [-0.39, 0.29) is 6.10 Å². The summed E-state index contributed by atoms with van der Waals surface area (Å²) in [6, 6.07) is 8.82. The molecule has 2 aliphatic heterocycles. The molecule has 0 aromatic heterocycles. The van der Waals surface area contributed by atoms with Crippen molar-refractivity contribution in [3.05, 3.63) is 42.0 Å². The molecule has 2 bridgehead atoms. The number of fused-ring (bicyclic) bond motifs is 2. The summed E-state index contributed by atoms with van der Waals surface area (Å²) < 4.78 is 0. The van der Waals surface area contributed by atoms with Gasteiger partial charge in [-0.3, -0.25) is 4.84 Å². The topological polar surface area (TPSA) is 12.5 Å². The van der Waals surface area contributed by atoms with E-state index in [1.165, 1.54) is 17.7 Å². The molecule has 0 N–H and O–H groups in total. The predicted octanol–water partition coefficient (Wildman–Crippen LogP) is 2.83. The molecule has 1 aromatic carbocycles. The van der Waals surface area contributed by atoms with E-state index in [4.69, 9.17) is 4.84 Å². The Kier molecular flexibility index (Phi) is 2.03. The zero-order valence-electron chi connectivity index (χ0n) is 8.89. The van der Waals surface area contributed by atoms with Crippen LogP contribution >= 0.6 is 0 Å². The van der Waals surface area contributed by atoms with Gasteiger partial charge in [-0.15, -0.1) is 0 Å². The number of hydrogen-bond donors (Lipinski definition) is 0. The molecule has 0 amide bonds. The molecule has 15 heavy (non-hydrogen) atoms. The summed E-state index contributed by atoms with van der Waals surface area (Å²) in [6.07, 6.45) is 7.10. The van der Waals surface area contributed by atoms with Crippen LogP contribution in [0.25, 0.3) is 0 Å². The third-order valence-electron chi connectivity index (χ3n) is 3.20. The van der Waals surface area contributed by atoms with Crippen LogP contribution in [0.2, 0.25) is 0 Å². The summed E-state index contributed by atoms with van der Waals surface area (Å²) in [7, 11) is 0. The van der Waals surface area contributed by atoms with E-state index in [0.717, 1.165) is 6.42 Å². The maximum absolute atomic E-state index is 5.90. The van der Waals surface area contributed by atoms with Crippen LogP contribution < -0.4 is 5.06 Å². The maximum atomic E-state index is 5.90. The van der Waals surface area contributed by atoms with E-state index < -0.39 is 0 Å². The summed E-state index contributed by atoms with van der Waals surface area (Å²) in [5.41, 5.74) is 2.48. The monoisotopic (exact) mass is 201 g/mol. The Labute approximate surface area is 90.1 Å². The molecule has 0 spiro atoms. The van der Waals surface area contributed by atoms with Crippen molar-refractivity contribution in [3.63, 3.8) is 0 Å². The van der Waals surface area contributed by atoms with Crippen molar-refractivity contribution in [2.75, 3.05) is 5.06 Å². The Morgan fingerprint density at radius 2 is 2.07 bits per heavy atom. The number of hydroxylamine groups is 1. The molecule has 78 valence electrons. The van der Waals surface area contributed by atoms with Crippen LogP contribution in [-0.2, 0) is 4.84 Å². The van der Waals surface area contributed by atoms with Crippen LogP contribution in [0.5, 0.6) is 0 Å². The van der Waals surface area contributed by atoms with Crippen molar-refractivity contribution >= 4 is 5.69 Å². The van der Waals surface area contributed by atoms with Gasteiger partial charge < -0.3 is 0 Å². The van der Waals surface area contributed by atoms with Crippen molar-refractivity contribution < 1.29 is 4.84 Å². The Bertz CT molecular complexity index is 399. The minimum absolute atomic E-state index is 0.287. The fourth-order valence-electron chi connectivity index (χ4n) is 2.33. The molecule has 0 unspecified atom stereocenters. The highest BCUT2D eigenvalue weighted by molar-refractivity contribution is 5.53. The Morgan fingerprint density at radius 1 is 1.20 bits per heavy atom. The number of anilines is 1. The van der Waals surface area contributed by atoms with Gasteiger partial charge in [0.15, 0.2) is 0 Å². The first kappa shape index (κ1) is 8.98. The highest BCUT2D eigenvalue weighted by Crippen LogP contribution is 2.33. The highest BCUT2D eigenvalue weighted by Gasteiger charge is 2.31. The summed E-state index contributed by atoms with van der Waals surface area (Å²) in [5.74, 6) is 0. The van der Waals surface area contributed by atoms with Crippen molar-refractivity contribution in [1.29, 1.82) is 0 Å². The normalized spacial score (nSPS) is 28.5. The Hall–Kier alpha value is -1.28. The minimum atomic E-state index is 0.287. The van der Waals surface area contributed by atoms with Crippen LogP contribution in [-0.4, -0.2) is 12.1 Å². The van der Waals surface area contributed by atoms with Gasteiger partial charge in [0.25, 0.3) is 0 Å². The van der Waals surface area contributed by atoms with E-state index in [0.29, 0.717) is 6.04 Å². The molecule has 2 atom stereocenters. The second-order valence-corrected chi connectivity index (χ2v) is 4.29. The maximum Gasteiger partial charge on any atom is 0.104 e. The van der Waals surface area contributed by atoms with Gasteiger partial charge in [0.2, 0.25) is 0 Å². The zero-order valence-corrected chi connectivity index (χ0v) is 8.89. The summed E-state index contributed by atoms with van der Waals surface area (Å²) in [5, 5.41) is 2.07. The van der Waals surface area contributed by atoms with E-state index in [1.807, 2.05) is 0 Å². The lowest BCUT2D eigenvalue weighted by Crippen LogP contribution is -2.45. The van der Waals surface area contributed by atoms with Crippen molar-refractivity contribution in [2.45, 2.75) is 31.9 Å². The Balaban J connectivity index is 1.96. The van der Waals surface area contributed by atoms with Gasteiger partial charge in [0, 0.05) is 0 Å². The zero-order chi connectivity index (χ0) is 10.3. The molecule has 2 nitrogen and oxygen atoms in total. The molecule has 0 saturated carbocycles. The van der Waals surface area contributed by atoms with Gasteiger partial charge >= 0.3 is 0 Å². The lowest BCUT2D eigenvalue weighted by atomic mass is 9.97. The van der Waals surface area contributed by atoms with Crippen LogP contribution in [0, 0.1) is 6.92 Å². The fourth-order valence-corrected chi connectivity index (χ4v) is 2.33. The van der Waals surface area contributed by atoms with Crippen molar-refractivity contribution in [2.24, 2.45) is 0 Å². The molecule has 1 aliphatic carbocycles. The van der Waals surface area contributed by atoms with Gasteiger partial charge in [-0.05, 0) is 31.4 Å². The molecule has 4 rings (SSSR count). The van der Waals surface area contributed by atoms with Gasteiger partial charge in [0.05, 0.1) is 11.7 Å². The molecule has 1 aromatic rings. The lowest BCUT2D eigenvalue weighted by Gasteiger charge is -2.42. The molecule has 3 aliphatic rings.